The SMILES string of the molecule is COC(=O)C(N)C=NCCNC(=O)OC(C)(C)C. The minimum atomic E-state index is -0.878. The van der Waals surface area contributed by atoms with Gasteiger partial charge in [-0.25, -0.2) is 9.59 Å². The van der Waals surface area contributed by atoms with Crippen LogP contribution in [0.3, 0.4) is 0 Å². The van der Waals surface area contributed by atoms with Crippen LogP contribution in [-0.4, -0.2) is 50.1 Å². The molecule has 0 rings (SSSR count). The lowest BCUT2D eigenvalue weighted by molar-refractivity contribution is -0.140. The number of carbonyl (C=O) groups excluding carboxylic acids is 2. The molecule has 0 aromatic heterocycles. The predicted octanol–water partition coefficient (Wildman–Crippen LogP) is 0.0822. The highest BCUT2D eigenvalue weighted by Crippen LogP contribution is 2.05. The average molecular weight is 259 g/mol. The van der Waals surface area contributed by atoms with E-state index in [0.29, 0.717) is 13.1 Å². The predicted molar refractivity (Wildman–Crippen MR) is 67.6 cm³/mol. The smallest absolute Gasteiger partial charge is 0.407 e. The maximum absolute atomic E-state index is 11.2. The lowest BCUT2D eigenvalue weighted by Crippen LogP contribution is -2.34. The van der Waals surface area contributed by atoms with E-state index in [0.717, 1.165) is 0 Å². The van der Waals surface area contributed by atoms with Gasteiger partial charge in [-0.2, -0.15) is 0 Å². The molecule has 0 fully saturated rings. The van der Waals surface area contributed by atoms with Gasteiger partial charge in [-0.3, -0.25) is 4.99 Å². The molecule has 7 nitrogen and oxygen atoms in total. The zero-order chi connectivity index (χ0) is 14.2. The molecule has 3 N–H and O–H groups in total. The molecule has 104 valence electrons. The van der Waals surface area contributed by atoms with E-state index in [1.54, 1.807) is 20.8 Å². The Hall–Kier alpha value is -1.63. The standard InChI is InChI=1S/C11H21N3O4/c1-11(2,3)18-10(16)14-6-5-13-7-8(12)9(15)17-4/h7-8H,5-6,12H2,1-4H3,(H,14,16). The van der Waals surface area contributed by atoms with Gasteiger partial charge in [0.1, 0.15) is 11.6 Å². The molecule has 7 heteroatoms. The molecule has 0 aliphatic heterocycles. The van der Waals surface area contributed by atoms with E-state index in [1.165, 1.54) is 13.3 Å². The van der Waals surface area contributed by atoms with Gasteiger partial charge >= 0.3 is 12.1 Å². The summed E-state index contributed by atoms with van der Waals surface area (Å²) < 4.78 is 9.44. The monoisotopic (exact) mass is 259 g/mol. The van der Waals surface area contributed by atoms with Crippen LogP contribution in [0.4, 0.5) is 4.79 Å². The van der Waals surface area contributed by atoms with Gasteiger partial charge in [-0.05, 0) is 20.8 Å². The van der Waals surface area contributed by atoms with Gasteiger partial charge in [0.05, 0.1) is 13.7 Å². The van der Waals surface area contributed by atoms with Crippen molar-refractivity contribution in [1.82, 2.24) is 5.32 Å². The van der Waals surface area contributed by atoms with Crippen molar-refractivity contribution in [2.24, 2.45) is 10.7 Å². The summed E-state index contributed by atoms with van der Waals surface area (Å²) in [5, 5.41) is 2.52. The van der Waals surface area contributed by atoms with Crippen LogP contribution in [0.1, 0.15) is 20.8 Å². The second-order valence-corrected chi connectivity index (χ2v) is 4.53. The first-order chi connectivity index (χ1) is 8.26. The van der Waals surface area contributed by atoms with Crippen LogP contribution in [-0.2, 0) is 14.3 Å². The van der Waals surface area contributed by atoms with Gasteiger partial charge in [-0.1, -0.05) is 0 Å². The number of hydrogen-bond donors (Lipinski definition) is 2. The van der Waals surface area contributed by atoms with Gasteiger partial charge in [0, 0.05) is 12.8 Å². The Morgan fingerprint density at radius 3 is 2.56 bits per heavy atom. The van der Waals surface area contributed by atoms with Crippen LogP contribution in [0.2, 0.25) is 0 Å². The summed E-state index contributed by atoms with van der Waals surface area (Å²) >= 11 is 0. The van der Waals surface area contributed by atoms with Crippen LogP contribution in [0.5, 0.6) is 0 Å². The molecule has 0 aliphatic carbocycles. The minimum absolute atomic E-state index is 0.305. The molecule has 1 atom stereocenters. The number of methoxy groups -OCH3 is 1. The fourth-order valence-corrected chi connectivity index (χ4v) is 0.922. The number of alkyl carbamates (subject to hydrolysis) is 1. The summed E-state index contributed by atoms with van der Waals surface area (Å²) in [6.45, 7) is 5.95. The molecule has 0 aromatic carbocycles. The second kappa shape index (κ2) is 7.65. The number of rotatable bonds is 5. The van der Waals surface area contributed by atoms with E-state index in [2.05, 4.69) is 15.0 Å². The van der Waals surface area contributed by atoms with Crippen molar-refractivity contribution in [1.29, 1.82) is 0 Å². The number of esters is 1. The Morgan fingerprint density at radius 2 is 2.06 bits per heavy atom. The third-order valence-corrected chi connectivity index (χ3v) is 1.65. The molecule has 0 radical (unpaired) electrons. The number of ether oxygens (including phenoxy) is 2. The third-order valence-electron chi connectivity index (χ3n) is 1.65. The molecule has 1 unspecified atom stereocenters. The zero-order valence-corrected chi connectivity index (χ0v) is 11.2. The summed E-state index contributed by atoms with van der Waals surface area (Å²) in [4.78, 5) is 26.0. The van der Waals surface area contributed by atoms with E-state index in [-0.39, 0.29) is 0 Å². The van der Waals surface area contributed by atoms with Crippen LogP contribution >= 0.6 is 0 Å². The number of nitrogens with two attached hydrogens (primary N) is 1. The molecule has 1 amide bonds. The summed E-state index contributed by atoms with van der Waals surface area (Å²) in [5.41, 5.74) is 4.89. The summed E-state index contributed by atoms with van der Waals surface area (Å²) in [6.07, 6.45) is 0.776. The average Bonchev–Trinajstić information content (AvgIpc) is 2.24. The van der Waals surface area contributed by atoms with Crippen molar-refractivity contribution >= 4 is 18.3 Å². The van der Waals surface area contributed by atoms with Gasteiger partial charge in [0.15, 0.2) is 0 Å². The highest BCUT2D eigenvalue weighted by Gasteiger charge is 2.15. The molecule has 0 aliphatic rings. The first-order valence-corrected chi connectivity index (χ1v) is 5.56. The van der Waals surface area contributed by atoms with Crippen molar-refractivity contribution in [3.05, 3.63) is 0 Å². The van der Waals surface area contributed by atoms with Crippen LogP contribution in [0.15, 0.2) is 4.99 Å². The fraction of sp³-hybridized carbons (Fsp3) is 0.727. The maximum Gasteiger partial charge on any atom is 0.407 e. The fourth-order valence-electron chi connectivity index (χ4n) is 0.922. The van der Waals surface area contributed by atoms with Crippen LogP contribution < -0.4 is 11.1 Å². The van der Waals surface area contributed by atoms with Gasteiger partial charge in [0.2, 0.25) is 0 Å². The molecule has 0 heterocycles. The number of amides is 1. The van der Waals surface area contributed by atoms with E-state index in [1.807, 2.05) is 0 Å². The maximum atomic E-state index is 11.2. The van der Waals surface area contributed by atoms with Gasteiger partial charge in [0.25, 0.3) is 0 Å². The Bertz CT molecular complexity index is 310. The van der Waals surface area contributed by atoms with Crippen molar-refractivity contribution in [2.45, 2.75) is 32.4 Å². The van der Waals surface area contributed by atoms with E-state index in [9.17, 15) is 9.59 Å². The number of aliphatic imine (C=N–C) groups is 1. The summed E-state index contributed by atoms with van der Waals surface area (Å²) in [5.74, 6) is -0.557. The molecule has 0 saturated carbocycles. The highest BCUT2D eigenvalue weighted by molar-refractivity contribution is 5.93. The van der Waals surface area contributed by atoms with Crippen molar-refractivity contribution in [2.75, 3.05) is 20.2 Å². The largest absolute Gasteiger partial charge is 0.468 e. The Balaban J connectivity index is 3.77. The lowest BCUT2D eigenvalue weighted by atomic mass is 10.2. The van der Waals surface area contributed by atoms with Gasteiger partial charge < -0.3 is 20.5 Å². The summed E-state index contributed by atoms with van der Waals surface area (Å²) in [6, 6.07) is -0.878. The number of nitrogens with zero attached hydrogens (tertiary/aromatic N) is 1. The topological polar surface area (TPSA) is 103 Å². The molecule has 0 saturated heterocycles. The van der Waals surface area contributed by atoms with Crippen molar-refractivity contribution in [3.63, 3.8) is 0 Å². The Labute approximate surface area is 107 Å². The molecular weight excluding hydrogens is 238 g/mol. The lowest BCUT2D eigenvalue weighted by Gasteiger charge is -2.19. The Morgan fingerprint density at radius 1 is 1.44 bits per heavy atom. The van der Waals surface area contributed by atoms with E-state index >= 15 is 0 Å². The quantitative estimate of drug-likeness (QED) is 0.413. The molecular formula is C11H21N3O4. The normalized spacial score (nSPS) is 13.2. The molecule has 0 spiro atoms. The zero-order valence-electron chi connectivity index (χ0n) is 11.2. The number of nitrogens with one attached hydrogen (secondary N) is 1. The molecule has 0 aromatic rings. The van der Waals surface area contributed by atoms with E-state index < -0.39 is 23.7 Å². The van der Waals surface area contributed by atoms with Crippen LogP contribution in [0, 0.1) is 0 Å². The summed E-state index contributed by atoms with van der Waals surface area (Å²) in [7, 11) is 1.25. The van der Waals surface area contributed by atoms with Crippen LogP contribution in [0.25, 0.3) is 0 Å². The second-order valence-electron chi connectivity index (χ2n) is 4.53. The van der Waals surface area contributed by atoms with Crippen molar-refractivity contribution < 1.29 is 19.1 Å². The first kappa shape index (κ1) is 16.4. The van der Waals surface area contributed by atoms with Crippen molar-refractivity contribution in [3.8, 4) is 0 Å². The number of carbonyl (C=O) groups is 2. The van der Waals surface area contributed by atoms with E-state index in [4.69, 9.17) is 10.5 Å². The molecule has 0 bridgehead atoms. The highest BCUT2D eigenvalue weighted by atomic mass is 16.6. The minimum Gasteiger partial charge on any atom is -0.468 e. The Kier molecular flexibility index (Phi) is 6.96. The van der Waals surface area contributed by atoms with Gasteiger partial charge in [-0.15, -0.1) is 0 Å². The third kappa shape index (κ3) is 8.51. The number of hydrogen-bond acceptors (Lipinski definition) is 6. The first-order valence-electron chi connectivity index (χ1n) is 5.56. The molecule has 18 heavy (non-hydrogen) atoms.